The topological polar surface area (TPSA) is 95.6 Å². The smallest absolute Gasteiger partial charge is 0.254 e. The molecule has 2 aromatic carbocycles. The fourth-order valence-electron chi connectivity index (χ4n) is 2.72. The number of carbonyl (C=O) groups is 2. The summed E-state index contributed by atoms with van der Waals surface area (Å²) < 4.78 is 27.8. The maximum Gasteiger partial charge on any atom is 0.254 e. The third-order valence-corrected chi connectivity index (χ3v) is 6.02. The Morgan fingerprint density at radius 2 is 1.77 bits per heavy atom. The molecule has 2 N–H and O–H groups in total. The number of nitrogens with zero attached hydrogens (tertiary/aromatic N) is 1. The Bertz CT molecular complexity index is 1060. The van der Waals surface area contributed by atoms with Crippen molar-refractivity contribution in [1.82, 2.24) is 9.62 Å². The highest BCUT2D eigenvalue weighted by Gasteiger charge is 2.24. The highest BCUT2D eigenvalue weighted by atomic mass is 35.5. The van der Waals surface area contributed by atoms with Crippen LogP contribution in [0.5, 0.6) is 0 Å². The van der Waals surface area contributed by atoms with Crippen LogP contribution in [0.2, 0.25) is 5.02 Å². The number of hydrogen-bond acceptors (Lipinski definition) is 4. The fraction of sp³-hybridized carbons (Fsp3) is 0.333. The predicted molar refractivity (Wildman–Crippen MR) is 118 cm³/mol. The van der Waals surface area contributed by atoms with E-state index in [1.807, 2.05) is 0 Å². The van der Waals surface area contributed by atoms with E-state index in [4.69, 9.17) is 11.6 Å². The average molecular weight is 452 g/mol. The molecule has 0 saturated carbocycles. The van der Waals surface area contributed by atoms with Crippen LogP contribution < -0.4 is 10.0 Å². The Balaban J connectivity index is 2.18. The zero-order chi connectivity index (χ0) is 22.7. The van der Waals surface area contributed by atoms with Crippen LogP contribution in [0, 0.1) is 6.92 Å². The molecule has 9 heteroatoms. The summed E-state index contributed by atoms with van der Waals surface area (Å²) in [5.74, 6) is -0.856. The molecule has 0 atom stereocenters. The fourth-order valence-corrected chi connectivity index (χ4v) is 4.35. The Hall–Kier alpha value is -2.42. The monoisotopic (exact) mass is 451 g/mol. The number of hydrogen-bond donors (Lipinski definition) is 2. The number of sulfonamides is 1. The molecule has 2 amide bonds. The van der Waals surface area contributed by atoms with Gasteiger partial charge in [0.1, 0.15) is 0 Å². The molecule has 0 heterocycles. The maximum atomic E-state index is 12.9. The lowest BCUT2D eigenvalue weighted by Gasteiger charge is -2.22. The zero-order valence-corrected chi connectivity index (χ0v) is 19.2. The highest BCUT2D eigenvalue weighted by molar-refractivity contribution is 7.89. The summed E-state index contributed by atoms with van der Waals surface area (Å²) in [5, 5.41) is 3.15. The van der Waals surface area contributed by atoms with E-state index >= 15 is 0 Å². The van der Waals surface area contributed by atoms with Crippen molar-refractivity contribution in [2.75, 3.05) is 18.9 Å². The van der Waals surface area contributed by atoms with Gasteiger partial charge >= 0.3 is 0 Å². The lowest BCUT2D eigenvalue weighted by atomic mass is 10.1. The van der Waals surface area contributed by atoms with Gasteiger partial charge in [0.25, 0.3) is 5.91 Å². The first-order valence-electron chi connectivity index (χ1n) is 9.24. The van der Waals surface area contributed by atoms with Crippen molar-refractivity contribution in [3.8, 4) is 0 Å². The van der Waals surface area contributed by atoms with Crippen molar-refractivity contribution in [3.63, 3.8) is 0 Å². The minimum atomic E-state index is -3.80. The van der Waals surface area contributed by atoms with E-state index in [1.165, 1.54) is 24.1 Å². The molecule has 0 aliphatic carbocycles. The van der Waals surface area contributed by atoms with E-state index in [0.29, 0.717) is 16.3 Å². The van der Waals surface area contributed by atoms with Crippen LogP contribution in [-0.2, 0) is 14.8 Å². The predicted octanol–water partition coefficient (Wildman–Crippen LogP) is 3.44. The number of amides is 2. The van der Waals surface area contributed by atoms with Crippen LogP contribution in [0.1, 0.15) is 36.7 Å². The number of benzene rings is 2. The van der Waals surface area contributed by atoms with Crippen molar-refractivity contribution in [3.05, 3.63) is 58.6 Å². The first-order chi connectivity index (χ1) is 13.8. The third-order valence-electron chi connectivity index (χ3n) is 4.03. The van der Waals surface area contributed by atoms with Crippen molar-refractivity contribution in [1.29, 1.82) is 0 Å². The number of likely N-dealkylation sites (N-methyl/N-ethyl adjacent to an activating group) is 1. The van der Waals surface area contributed by atoms with Crippen molar-refractivity contribution < 1.29 is 18.0 Å². The van der Waals surface area contributed by atoms with E-state index in [9.17, 15) is 18.0 Å². The third kappa shape index (κ3) is 6.55. The Labute approximate surface area is 182 Å². The van der Waals surface area contributed by atoms with Gasteiger partial charge in [-0.3, -0.25) is 9.59 Å². The summed E-state index contributed by atoms with van der Waals surface area (Å²) in [6, 6.07) is 11.0. The first kappa shape index (κ1) is 23.9. The molecule has 0 aliphatic rings. The SMILES string of the molecule is Cc1ccc(S(=O)(=O)NC(C)(C)C)cc1C(=O)N(C)CC(=O)Nc1cccc(Cl)c1. The Kier molecular flexibility index (Phi) is 7.28. The van der Waals surface area contributed by atoms with Gasteiger partial charge in [0.2, 0.25) is 15.9 Å². The molecule has 0 aromatic heterocycles. The van der Waals surface area contributed by atoms with Gasteiger partial charge < -0.3 is 10.2 Å². The second kappa shape index (κ2) is 9.16. The number of rotatable bonds is 6. The normalized spacial score (nSPS) is 11.8. The van der Waals surface area contributed by atoms with Crippen LogP contribution in [0.15, 0.2) is 47.4 Å². The van der Waals surface area contributed by atoms with E-state index in [-0.39, 0.29) is 17.0 Å². The van der Waals surface area contributed by atoms with E-state index in [1.54, 1.807) is 58.0 Å². The minimum absolute atomic E-state index is 0.0110. The molecule has 0 saturated heterocycles. The maximum absolute atomic E-state index is 12.9. The van der Waals surface area contributed by atoms with Gasteiger partial charge in [-0.25, -0.2) is 13.1 Å². The molecular formula is C21H26ClN3O4S. The largest absolute Gasteiger partial charge is 0.332 e. The standard InChI is InChI=1S/C21H26ClN3O4S/c1-14-9-10-17(30(28,29)24-21(2,3)4)12-18(14)20(27)25(5)13-19(26)23-16-8-6-7-15(22)11-16/h6-12,24H,13H2,1-5H3,(H,23,26). The summed E-state index contributed by atoms with van der Waals surface area (Å²) in [6.07, 6.45) is 0. The van der Waals surface area contributed by atoms with Crippen LogP contribution in [0.25, 0.3) is 0 Å². The molecule has 30 heavy (non-hydrogen) atoms. The van der Waals surface area contributed by atoms with Gasteiger partial charge in [0, 0.05) is 28.9 Å². The summed E-state index contributed by atoms with van der Waals surface area (Å²) in [5.41, 5.74) is 0.677. The number of halogens is 1. The van der Waals surface area contributed by atoms with Gasteiger partial charge in [-0.05, 0) is 63.6 Å². The Morgan fingerprint density at radius 1 is 1.10 bits per heavy atom. The van der Waals surface area contributed by atoms with E-state index in [0.717, 1.165) is 0 Å². The molecule has 2 aromatic rings. The molecule has 0 radical (unpaired) electrons. The van der Waals surface area contributed by atoms with Crippen molar-refractivity contribution in [2.24, 2.45) is 0 Å². The summed E-state index contributed by atoms with van der Waals surface area (Å²) in [7, 11) is -2.32. The number of aryl methyl sites for hydroxylation is 1. The molecule has 0 bridgehead atoms. The van der Waals surface area contributed by atoms with Crippen molar-refractivity contribution >= 4 is 39.1 Å². The van der Waals surface area contributed by atoms with E-state index < -0.39 is 27.4 Å². The molecule has 0 fully saturated rings. The number of carbonyl (C=O) groups excluding carboxylic acids is 2. The van der Waals surface area contributed by atoms with Crippen LogP contribution >= 0.6 is 11.6 Å². The minimum Gasteiger partial charge on any atom is -0.332 e. The summed E-state index contributed by atoms with van der Waals surface area (Å²) in [4.78, 5) is 26.4. The molecule has 2 rings (SSSR count). The quantitative estimate of drug-likeness (QED) is 0.703. The lowest BCUT2D eigenvalue weighted by Crippen LogP contribution is -2.40. The summed E-state index contributed by atoms with van der Waals surface area (Å²) in [6.45, 7) is 6.70. The molecule has 0 aliphatic heterocycles. The summed E-state index contributed by atoms with van der Waals surface area (Å²) >= 11 is 5.90. The molecule has 162 valence electrons. The van der Waals surface area contributed by atoms with Crippen LogP contribution in [-0.4, -0.2) is 44.3 Å². The van der Waals surface area contributed by atoms with Gasteiger partial charge in [0.05, 0.1) is 11.4 Å². The highest BCUT2D eigenvalue weighted by Crippen LogP contribution is 2.19. The second-order valence-corrected chi connectivity index (χ2v) is 10.2. The average Bonchev–Trinajstić information content (AvgIpc) is 2.59. The molecule has 0 unspecified atom stereocenters. The van der Waals surface area contributed by atoms with Crippen molar-refractivity contribution in [2.45, 2.75) is 38.1 Å². The Morgan fingerprint density at radius 3 is 2.37 bits per heavy atom. The van der Waals surface area contributed by atoms with E-state index in [2.05, 4.69) is 10.0 Å². The van der Waals surface area contributed by atoms with Gasteiger partial charge in [-0.1, -0.05) is 23.7 Å². The molecule has 0 spiro atoms. The second-order valence-electron chi connectivity index (χ2n) is 8.05. The lowest BCUT2D eigenvalue weighted by molar-refractivity contribution is -0.116. The van der Waals surface area contributed by atoms with Gasteiger partial charge in [-0.2, -0.15) is 0 Å². The first-order valence-corrected chi connectivity index (χ1v) is 11.1. The zero-order valence-electron chi connectivity index (χ0n) is 17.6. The number of anilines is 1. The molecular weight excluding hydrogens is 426 g/mol. The number of nitrogens with one attached hydrogen (secondary N) is 2. The van der Waals surface area contributed by atoms with Gasteiger partial charge in [-0.15, -0.1) is 0 Å². The van der Waals surface area contributed by atoms with Crippen LogP contribution in [0.3, 0.4) is 0 Å². The van der Waals surface area contributed by atoms with Crippen LogP contribution in [0.4, 0.5) is 5.69 Å². The molecule has 7 nitrogen and oxygen atoms in total. The van der Waals surface area contributed by atoms with Gasteiger partial charge in [0.15, 0.2) is 0 Å².